The van der Waals surface area contributed by atoms with Crippen LogP contribution < -0.4 is 14.8 Å². The molecule has 0 unspecified atom stereocenters. The molecule has 0 radical (unpaired) electrons. The number of fused-ring (bicyclic) bond motifs is 1. The normalized spacial score (nSPS) is 11.3. The number of nitrogens with one attached hydrogen (secondary N) is 1. The van der Waals surface area contributed by atoms with Crippen LogP contribution in [0, 0.1) is 11.3 Å². The lowest BCUT2D eigenvalue weighted by molar-refractivity contribution is -0.117. The van der Waals surface area contributed by atoms with Crippen LogP contribution in [0.3, 0.4) is 0 Å². The lowest BCUT2D eigenvalue weighted by Crippen LogP contribution is -2.30. The second kappa shape index (κ2) is 10.8. The second-order valence-corrected chi connectivity index (χ2v) is 8.38. The van der Waals surface area contributed by atoms with Crippen molar-refractivity contribution in [3.63, 3.8) is 0 Å². The fraction of sp³-hybridized carbons (Fsp3) is 0.231. The highest BCUT2D eigenvalue weighted by atomic mass is 79.9. The first-order valence-electron chi connectivity index (χ1n) is 10.4. The van der Waals surface area contributed by atoms with Crippen LogP contribution in [0.5, 0.6) is 11.5 Å². The summed E-state index contributed by atoms with van der Waals surface area (Å²) in [7, 11) is 0. The van der Waals surface area contributed by atoms with Gasteiger partial charge in [-0.3, -0.25) is 4.79 Å². The summed E-state index contributed by atoms with van der Waals surface area (Å²) in [6.07, 6.45) is 1.54. The third-order valence-electron chi connectivity index (χ3n) is 4.66. The zero-order valence-electron chi connectivity index (χ0n) is 18.3. The molecule has 0 aromatic heterocycles. The SMILES string of the molecule is CCOc1cc(/C=C(/C#N)C(=O)NC(C)C)c(Br)cc1OCc1ccc2ccccc2c1. The molecule has 1 amide bonds. The van der Waals surface area contributed by atoms with Crippen LogP contribution >= 0.6 is 15.9 Å². The highest BCUT2D eigenvalue weighted by Gasteiger charge is 2.14. The summed E-state index contributed by atoms with van der Waals surface area (Å²) >= 11 is 3.53. The zero-order chi connectivity index (χ0) is 23.1. The number of ether oxygens (including phenoxy) is 2. The summed E-state index contributed by atoms with van der Waals surface area (Å²) in [5.74, 6) is 0.711. The Morgan fingerprint density at radius 2 is 1.81 bits per heavy atom. The van der Waals surface area contributed by atoms with Gasteiger partial charge in [-0.15, -0.1) is 0 Å². The van der Waals surface area contributed by atoms with Crippen molar-refractivity contribution in [3.8, 4) is 17.6 Å². The molecule has 32 heavy (non-hydrogen) atoms. The first-order valence-corrected chi connectivity index (χ1v) is 11.2. The van der Waals surface area contributed by atoms with Crippen molar-refractivity contribution in [2.24, 2.45) is 0 Å². The maximum absolute atomic E-state index is 12.3. The number of nitrogens with zero attached hydrogens (tertiary/aromatic N) is 1. The predicted octanol–water partition coefficient (Wildman–Crippen LogP) is 6.01. The molecule has 3 aromatic carbocycles. The van der Waals surface area contributed by atoms with Crippen LogP contribution in [0.25, 0.3) is 16.8 Å². The summed E-state index contributed by atoms with van der Waals surface area (Å²) < 4.78 is 12.5. The summed E-state index contributed by atoms with van der Waals surface area (Å²) in [6, 6.07) is 19.9. The van der Waals surface area contributed by atoms with Gasteiger partial charge in [0.2, 0.25) is 0 Å². The number of hydrogen-bond donors (Lipinski definition) is 1. The Morgan fingerprint density at radius 1 is 1.09 bits per heavy atom. The molecule has 6 heteroatoms. The van der Waals surface area contributed by atoms with E-state index < -0.39 is 5.91 Å². The molecule has 164 valence electrons. The number of carbonyl (C=O) groups excluding carboxylic acids is 1. The number of carbonyl (C=O) groups is 1. The molecule has 0 aliphatic heterocycles. The minimum Gasteiger partial charge on any atom is -0.490 e. The van der Waals surface area contributed by atoms with E-state index in [4.69, 9.17) is 9.47 Å². The monoisotopic (exact) mass is 492 g/mol. The Hall–Kier alpha value is -3.30. The first-order chi connectivity index (χ1) is 15.4. The average Bonchev–Trinajstić information content (AvgIpc) is 2.77. The molecular weight excluding hydrogens is 468 g/mol. The number of halogens is 1. The first kappa shape index (κ1) is 23.4. The van der Waals surface area contributed by atoms with Crippen molar-refractivity contribution < 1.29 is 14.3 Å². The predicted molar refractivity (Wildman–Crippen MR) is 130 cm³/mol. The Kier molecular flexibility index (Phi) is 7.91. The van der Waals surface area contributed by atoms with Gasteiger partial charge < -0.3 is 14.8 Å². The highest BCUT2D eigenvalue weighted by molar-refractivity contribution is 9.10. The lowest BCUT2D eigenvalue weighted by Gasteiger charge is -2.15. The smallest absolute Gasteiger partial charge is 0.262 e. The molecule has 0 aliphatic carbocycles. The quantitative estimate of drug-likeness (QED) is 0.308. The summed E-state index contributed by atoms with van der Waals surface area (Å²) in [4.78, 5) is 12.3. The maximum Gasteiger partial charge on any atom is 0.262 e. The minimum atomic E-state index is -0.413. The molecular formula is C26H25BrN2O3. The van der Waals surface area contributed by atoms with Gasteiger partial charge in [0.05, 0.1) is 6.61 Å². The van der Waals surface area contributed by atoms with Crippen LogP contribution in [-0.4, -0.2) is 18.6 Å². The third kappa shape index (κ3) is 5.89. The van der Waals surface area contributed by atoms with Crippen LogP contribution in [0.1, 0.15) is 31.9 Å². The fourth-order valence-electron chi connectivity index (χ4n) is 3.18. The number of rotatable bonds is 8. The van der Waals surface area contributed by atoms with Gasteiger partial charge in [-0.2, -0.15) is 5.26 Å². The minimum absolute atomic E-state index is 0.0201. The van der Waals surface area contributed by atoms with Crippen molar-refractivity contribution in [3.05, 3.63) is 75.8 Å². The molecule has 0 fully saturated rings. The Morgan fingerprint density at radius 3 is 2.50 bits per heavy atom. The lowest BCUT2D eigenvalue weighted by atomic mass is 10.1. The van der Waals surface area contributed by atoms with Crippen LogP contribution in [0.2, 0.25) is 0 Å². The largest absolute Gasteiger partial charge is 0.490 e. The van der Waals surface area contributed by atoms with E-state index in [9.17, 15) is 10.1 Å². The molecule has 1 N–H and O–H groups in total. The van der Waals surface area contributed by atoms with Gasteiger partial charge in [0, 0.05) is 10.5 Å². The Labute approximate surface area is 196 Å². The van der Waals surface area contributed by atoms with E-state index in [1.165, 1.54) is 11.5 Å². The Bertz CT molecular complexity index is 1200. The van der Waals surface area contributed by atoms with E-state index in [-0.39, 0.29) is 11.6 Å². The molecule has 0 saturated heterocycles. The number of nitriles is 1. The van der Waals surface area contributed by atoms with Crippen molar-refractivity contribution in [2.45, 2.75) is 33.4 Å². The number of benzene rings is 3. The maximum atomic E-state index is 12.3. The summed E-state index contributed by atoms with van der Waals surface area (Å²) in [5, 5.41) is 14.5. The highest BCUT2D eigenvalue weighted by Crippen LogP contribution is 2.35. The van der Waals surface area contributed by atoms with E-state index in [0.717, 1.165) is 10.9 Å². The topological polar surface area (TPSA) is 71.3 Å². The Balaban J connectivity index is 1.86. The number of amides is 1. The molecule has 0 bridgehead atoms. The van der Waals surface area contributed by atoms with E-state index >= 15 is 0 Å². The fourth-order valence-corrected chi connectivity index (χ4v) is 3.61. The van der Waals surface area contributed by atoms with Crippen LogP contribution in [0.4, 0.5) is 0 Å². The number of hydrogen-bond acceptors (Lipinski definition) is 4. The second-order valence-electron chi connectivity index (χ2n) is 7.52. The van der Waals surface area contributed by atoms with Gasteiger partial charge in [0.25, 0.3) is 5.91 Å². The molecule has 3 aromatic rings. The standard InChI is InChI=1S/C26H25BrN2O3/c1-4-31-24-13-21(12-22(15-28)26(30)29-17(2)3)23(27)14-25(24)32-16-18-9-10-19-7-5-6-8-20(19)11-18/h5-14,17H,4,16H2,1-3H3,(H,29,30)/b22-12-. The van der Waals surface area contributed by atoms with Crippen molar-refractivity contribution in [1.29, 1.82) is 5.26 Å². The van der Waals surface area contributed by atoms with Crippen LogP contribution in [-0.2, 0) is 11.4 Å². The third-order valence-corrected chi connectivity index (χ3v) is 5.34. The molecule has 0 atom stereocenters. The molecule has 3 rings (SSSR count). The van der Waals surface area contributed by atoms with Crippen LogP contribution in [0.15, 0.2) is 64.6 Å². The van der Waals surface area contributed by atoms with Gasteiger partial charge in [-0.1, -0.05) is 52.3 Å². The van der Waals surface area contributed by atoms with E-state index in [0.29, 0.717) is 34.7 Å². The van der Waals surface area contributed by atoms with Crippen molar-refractivity contribution >= 4 is 38.7 Å². The molecule has 0 heterocycles. The van der Waals surface area contributed by atoms with Crippen molar-refractivity contribution in [1.82, 2.24) is 5.32 Å². The zero-order valence-corrected chi connectivity index (χ0v) is 19.9. The van der Waals surface area contributed by atoms with Crippen molar-refractivity contribution in [2.75, 3.05) is 6.61 Å². The van der Waals surface area contributed by atoms with Gasteiger partial charge in [-0.05, 0) is 66.9 Å². The van der Waals surface area contributed by atoms with E-state index in [2.05, 4.69) is 45.5 Å². The molecule has 5 nitrogen and oxygen atoms in total. The van der Waals surface area contributed by atoms with E-state index in [1.807, 2.05) is 45.0 Å². The molecule has 0 spiro atoms. The van der Waals surface area contributed by atoms with Gasteiger partial charge in [0.15, 0.2) is 11.5 Å². The summed E-state index contributed by atoms with van der Waals surface area (Å²) in [5.41, 5.74) is 1.72. The van der Waals surface area contributed by atoms with Gasteiger partial charge >= 0.3 is 0 Å². The summed E-state index contributed by atoms with van der Waals surface area (Å²) in [6.45, 7) is 6.42. The molecule has 0 saturated carbocycles. The van der Waals surface area contributed by atoms with Gasteiger partial charge in [0.1, 0.15) is 18.2 Å². The van der Waals surface area contributed by atoms with E-state index in [1.54, 1.807) is 12.1 Å². The average molecular weight is 493 g/mol. The molecule has 0 aliphatic rings. The van der Waals surface area contributed by atoms with Gasteiger partial charge in [-0.25, -0.2) is 0 Å².